The normalized spacial score (nSPS) is 12.0. The summed E-state index contributed by atoms with van der Waals surface area (Å²) in [6, 6.07) is 7.03. The zero-order chi connectivity index (χ0) is 18.7. The number of sulfone groups is 1. The summed E-state index contributed by atoms with van der Waals surface area (Å²) in [5.74, 6) is 0.792. The van der Waals surface area contributed by atoms with E-state index in [0.717, 1.165) is 50.7 Å². The van der Waals surface area contributed by atoms with Crippen molar-refractivity contribution in [3.05, 3.63) is 29.8 Å². The molecule has 6 nitrogen and oxygen atoms in total. The lowest BCUT2D eigenvalue weighted by atomic mass is 10.1. The highest BCUT2D eigenvalue weighted by Crippen LogP contribution is 2.10. The molecule has 0 aliphatic carbocycles. The molecule has 0 fully saturated rings. The molecule has 0 heterocycles. The quantitative estimate of drug-likeness (QED) is 0.295. The molecule has 1 rings (SSSR count). The van der Waals surface area contributed by atoms with Gasteiger partial charge in [0.15, 0.2) is 15.8 Å². The minimum Gasteiger partial charge on any atom is -0.356 e. The number of hydrogen-bond donors (Lipinski definition) is 2. The minimum atomic E-state index is -3.13. The lowest BCUT2D eigenvalue weighted by Crippen LogP contribution is -2.42. The molecule has 0 saturated heterocycles. The number of guanidine groups is 1. The monoisotopic (exact) mass is 496 g/mol. The van der Waals surface area contributed by atoms with Crippen LogP contribution in [-0.2, 0) is 16.3 Å². The highest BCUT2D eigenvalue weighted by molar-refractivity contribution is 14.0. The Morgan fingerprint density at radius 1 is 1.08 bits per heavy atom. The second kappa shape index (κ2) is 13.3. The van der Waals surface area contributed by atoms with E-state index < -0.39 is 9.84 Å². The third-order valence-electron chi connectivity index (χ3n) is 3.99. The second-order valence-corrected chi connectivity index (χ2v) is 8.04. The van der Waals surface area contributed by atoms with E-state index in [0.29, 0.717) is 4.90 Å². The van der Waals surface area contributed by atoms with Gasteiger partial charge in [0, 0.05) is 32.9 Å². The first-order chi connectivity index (χ1) is 11.9. The summed E-state index contributed by atoms with van der Waals surface area (Å²) in [5.41, 5.74) is 1.09. The first-order valence-electron chi connectivity index (χ1n) is 8.86. The molecule has 26 heavy (non-hydrogen) atoms. The van der Waals surface area contributed by atoms with Crippen LogP contribution in [0.2, 0.25) is 0 Å². The summed E-state index contributed by atoms with van der Waals surface area (Å²) in [5, 5.41) is 6.61. The van der Waals surface area contributed by atoms with Crippen LogP contribution >= 0.6 is 24.0 Å². The summed E-state index contributed by atoms with van der Waals surface area (Å²) < 4.78 is 22.9. The Balaban J connectivity index is 0.00000625. The molecule has 0 atom stereocenters. The number of likely N-dealkylation sites (N-methyl/N-ethyl adjacent to an activating group) is 1. The number of nitrogens with zero attached hydrogens (tertiary/aromatic N) is 2. The van der Waals surface area contributed by atoms with Gasteiger partial charge in [-0.05, 0) is 43.6 Å². The molecule has 1 aromatic rings. The standard InChI is InChI=1S/C18H32N4O2S.HI/c1-5-14-22(6-2)15-13-21-18(19-3)20-12-11-16-7-9-17(10-8-16)25(4,23)24;/h7-10H,5-6,11-15H2,1-4H3,(H2,19,20,21);1H. The smallest absolute Gasteiger partial charge is 0.191 e. The van der Waals surface area contributed by atoms with Gasteiger partial charge in [0.05, 0.1) is 4.90 Å². The molecule has 0 unspecified atom stereocenters. The Kier molecular flexibility index (Phi) is 12.9. The number of benzene rings is 1. The van der Waals surface area contributed by atoms with Crippen LogP contribution in [0.15, 0.2) is 34.2 Å². The molecule has 0 amide bonds. The molecule has 0 aliphatic heterocycles. The van der Waals surface area contributed by atoms with E-state index in [-0.39, 0.29) is 24.0 Å². The van der Waals surface area contributed by atoms with Gasteiger partial charge in [-0.2, -0.15) is 0 Å². The van der Waals surface area contributed by atoms with Crippen molar-refractivity contribution in [3.63, 3.8) is 0 Å². The molecule has 0 aromatic heterocycles. The molecule has 0 spiro atoms. The highest BCUT2D eigenvalue weighted by atomic mass is 127. The largest absolute Gasteiger partial charge is 0.356 e. The third kappa shape index (κ3) is 9.72. The van der Waals surface area contributed by atoms with Crippen LogP contribution in [0.3, 0.4) is 0 Å². The van der Waals surface area contributed by atoms with Gasteiger partial charge in [-0.3, -0.25) is 4.99 Å². The second-order valence-electron chi connectivity index (χ2n) is 6.03. The third-order valence-corrected chi connectivity index (χ3v) is 5.12. The lowest BCUT2D eigenvalue weighted by molar-refractivity contribution is 0.293. The predicted molar refractivity (Wildman–Crippen MR) is 120 cm³/mol. The zero-order valence-corrected chi connectivity index (χ0v) is 19.4. The van der Waals surface area contributed by atoms with Crippen LogP contribution in [0.4, 0.5) is 0 Å². The van der Waals surface area contributed by atoms with Gasteiger partial charge in [0.2, 0.25) is 0 Å². The van der Waals surface area contributed by atoms with E-state index in [1.807, 2.05) is 12.1 Å². The molecule has 150 valence electrons. The van der Waals surface area contributed by atoms with Crippen molar-refractivity contribution < 1.29 is 8.42 Å². The fourth-order valence-corrected chi connectivity index (χ4v) is 3.16. The molecule has 8 heteroatoms. The summed E-state index contributed by atoms with van der Waals surface area (Å²) in [6.45, 7) is 9.15. The van der Waals surface area contributed by atoms with E-state index >= 15 is 0 Å². The number of halogens is 1. The Labute approximate surface area is 175 Å². The maximum Gasteiger partial charge on any atom is 0.191 e. The molecule has 0 saturated carbocycles. The van der Waals surface area contributed by atoms with E-state index in [4.69, 9.17) is 0 Å². The predicted octanol–water partition coefficient (Wildman–Crippen LogP) is 2.15. The maximum absolute atomic E-state index is 11.5. The van der Waals surface area contributed by atoms with Gasteiger partial charge in [-0.25, -0.2) is 8.42 Å². The van der Waals surface area contributed by atoms with Gasteiger partial charge >= 0.3 is 0 Å². The number of hydrogen-bond acceptors (Lipinski definition) is 4. The molecular formula is C18H33IN4O2S. The Morgan fingerprint density at radius 3 is 2.19 bits per heavy atom. The van der Waals surface area contributed by atoms with E-state index in [1.54, 1.807) is 19.2 Å². The van der Waals surface area contributed by atoms with Crippen LogP contribution in [0, 0.1) is 0 Å². The number of rotatable bonds is 10. The van der Waals surface area contributed by atoms with Gasteiger partial charge in [0.25, 0.3) is 0 Å². The summed E-state index contributed by atoms with van der Waals surface area (Å²) in [4.78, 5) is 6.99. The van der Waals surface area contributed by atoms with Gasteiger partial charge < -0.3 is 15.5 Å². The maximum atomic E-state index is 11.5. The van der Waals surface area contributed by atoms with Crippen molar-refractivity contribution in [1.82, 2.24) is 15.5 Å². The number of nitrogens with one attached hydrogen (secondary N) is 2. The van der Waals surface area contributed by atoms with Crippen molar-refractivity contribution >= 4 is 39.8 Å². The fraction of sp³-hybridized carbons (Fsp3) is 0.611. The van der Waals surface area contributed by atoms with Crippen LogP contribution < -0.4 is 10.6 Å². The van der Waals surface area contributed by atoms with Crippen LogP contribution in [0.25, 0.3) is 0 Å². The van der Waals surface area contributed by atoms with Crippen LogP contribution in [0.5, 0.6) is 0 Å². The van der Waals surface area contributed by atoms with Gasteiger partial charge in [0.1, 0.15) is 0 Å². The van der Waals surface area contributed by atoms with Gasteiger partial charge in [-0.1, -0.05) is 26.0 Å². The molecule has 0 aliphatic rings. The first kappa shape index (κ1) is 25.1. The van der Waals surface area contributed by atoms with E-state index in [1.165, 1.54) is 12.7 Å². The fourth-order valence-electron chi connectivity index (χ4n) is 2.53. The highest BCUT2D eigenvalue weighted by Gasteiger charge is 2.06. The van der Waals surface area contributed by atoms with E-state index in [2.05, 4.69) is 34.4 Å². The molecule has 1 aromatic carbocycles. The topological polar surface area (TPSA) is 73.8 Å². The minimum absolute atomic E-state index is 0. The first-order valence-corrected chi connectivity index (χ1v) is 10.8. The van der Waals surface area contributed by atoms with Crippen molar-refractivity contribution in [2.75, 3.05) is 46.0 Å². The number of aliphatic imine (C=N–C) groups is 1. The van der Waals surface area contributed by atoms with Crippen LogP contribution in [-0.4, -0.2) is 65.3 Å². The average molecular weight is 496 g/mol. The molecule has 0 bridgehead atoms. The Hall–Kier alpha value is -0.870. The Morgan fingerprint density at radius 2 is 1.69 bits per heavy atom. The molecular weight excluding hydrogens is 463 g/mol. The molecule has 2 N–H and O–H groups in total. The van der Waals surface area contributed by atoms with Gasteiger partial charge in [-0.15, -0.1) is 24.0 Å². The van der Waals surface area contributed by atoms with Crippen molar-refractivity contribution in [1.29, 1.82) is 0 Å². The SMILES string of the molecule is CCCN(CC)CCNC(=NC)NCCc1ccc(S(C)(=O)=O)cc1.I. The summed E-state index contributed by atoms with van der Waals surface area (Å²) >= 11 is 0. The van der Waals surface area contributed by atoms with E-state index in [9.17, 15) is 8.42 Å². The molecule has 0 radical (unpaired) electrons. The summed E-state index contributed by atoms with van der Waals surface area (Å²) in [7, 11) is -1.37. The lowest BCUT2D eigenvalue weighted by Gasteiger charge is -2.20. The van der Waals surface area contributed by atoms with Crippen LogP contribution in [0.1, 0.15) is 25.8 Å². The van der Waals surface area contributed by atoms with Crippen molar-refractivity contribution in [3.8, 4) is 0 Å². The summed E-state index contributed by atoms with van der Waals surface area (Å²) in [6.07, 6.45) is 3.19. The van der Waals surface area contributed by atoms with Crippen molar-refractivity contribution in [2.24, 2.45) is 4.99 Å². The average Bonchev–Trinajstić information content (AvgIpc) is 2.59. The van der Waals surface area contributed by atoms with Crippen molar-refractivity contribution in [2.45, 2.75) is 31.6 Å². The zero-order valence-electron chi connectivity index (χ0n) is 16.3. The Bertz CT molecular complexity index is 633.